The Morgan fingerprint density at radius 2 is 2.17 bits per heavy atom. The molecule has 0 aromatic carbocycles. The maximum Gasteiger partial charge on any atom is 0.148 e. The van der Waals surface area contributed by atoms with Crippen LogP contribution in [0.1, 0.15) is 30.7 Å². The van der Waals surface area contributed by atoms with E-state index in [-0.39, 0.29) is 0 Å². The molecule has 1 aliphatic rings. The van der Waals surface area contributed by atoms with E-state index in [1.54, 1.807) is 0 Å². The van der Waals surface area contributed by atoms with Gasteiger partial charge in [-0.25, -0.2) is 15.8 Å². The minimum Gasteiger partial charge on any atom is -0.352 e. The van der Waals surface area contributed by atoms with Gasteiger partial charge in [0.1, 0.15) is 17.5 Å². The Balaban J connectivity index is 2.34. The third kappa shape index (κ3) is 2.51. The van der Waals surface area contributed by atoms with E-state index in [9.17, 15) is 0 Å². The molecule has 0 unspecified atom stereocenters. The van der Waals surface area contributed by atoms with Crippen LogP contribution < -0.4 is 16.2 Å². The second-order valence-electron chi connectivity index (χ2n) is 4.55. The van der Waals surface area contributed by atoms with E-state index in [1.165, 1.54) is 12.8 Å². The van der Waals surface area contributed by atoms with Crippen molar-refractivity contribution in [2.75, 3.05) is 16.9 Å². The number of aromatic nitrogens is 2. The zero-order valence-electron chi connectivity index (χ0n) is 10.8. The van der Waals surface area contributed by atoms with E-state index in [2.05, 4.69) is 26.4 Å². The fourth-order valence-corrected chi connectivity index (χ4v) is 2.05. The molecule has 1 saturated carbocycles. The second-order valence-corrected chi connectivity index (χ2v) is 4.55. The van der Waals surface area contributed by atoms with E-state index in [0.717, 1.165) is 11.4 Å². The fourth-order valence-electron chi connectivity index (χ4n) is 2.05. The average molecular weight is 246 g/mol. The van der Waals surface area contributed by atoms with Crippen LogP contribution in [0.3, 0.4) is 0 Å². The quantitative estimate of drug-likeness (QED) is 0.600. The zero-order valence-corrected chi connectivity index (χ0v) is 10.8. The van der Waals surface area contributed by atoms with Gasteiger partial charge in [-0.3, -0.25) is 0 Å². The number of nitrogens with one attached hydrogen (secondary N) is 1. The van der Waals surface area contributed by atoms with Gasteiger partial charge in [0.25, 0.3) is 0 Å². The minimum atomic E-state index is 0.504. The number of nitriles is 1. The number of rotatable bonds is 5. The monoisotopic (exact) mass is 246 g/mol. The Morgan fingerprint density at radius 1 is 1.44 bits per heavy atom. The van der Waals surface area contributed by atoms with Crippen molar-refractivity contribution in [2.24, 2.45) is 5.84 Å². The lowest BCUT2D eigenvalue weighted by Gasteiger charge is -2.25. The van der Waals surface area contributed by atoms with E-state index in [4.69, 9.17) is 11.1 Å². The lowest BCUT2D eigenvalue weighted by molar-refractivity contribution is 0.767. The Labute approximate surface area is 107 Å². The van der Waals surface area contributed by atoms with Gasteiger partial charge in [-0.1, -0.05) is 0 Å². The van der Waals surface area contributed by atoms with Gasteiger partial charge >= 0.3 is 0 Å². The first-order valence-corrected chi connectivity index (χ1v) is 6.12. The molecule has 1 aromatic heterocycles. The number of anilines is 2. The highest BCUT2D eigenvalue weighted by molar-refractivity contribution is 5.59. The number of hydrogen-bond acceptors (Lipinski definition) is 6. The summed E-state index contributed by atoms with van der Waals surface area (Å²) in [5.74, 6) is 7.70. The summed E-state index contributed by atoms with van der Waals surface area (Å²) in [5, 5.41) is 8.75. The van der Waals surface area contributed by atoms with Crippen molar-refractivity contribution in [3.8, 4) is 6.07 Å². The van der Waals surface area contributed by atoms with Gasteiger partial charge in [0.15, 0.2) is 0 Å². The molecule has 1 aliphatic carbocycles. The summed E-state index contributed by atoms with van der Waals surface area (Å²) in [5.41, 5.74) is 3.54. The van der Waals surface area contributed by atoms with Gasteiger partial charge in [0.05, 0.1) is 12.5 Å². The van der Waals surface area contributed by atoms with Crippen LogP contribution in [0, 0.1) is 25.2 Å². The van der Waals surface area contributed by atoms with Crippen LogP contribution in [0.4, 0.5) is 11.6 Å². The number of hydrazine groups is 1. The van der Waals surface area contributed by atoms with E-state index < -0.39 is 0 Å². The normalized spacial score (nSPS) is 14.1. The van der Waals surface area contributed by atoms with Crippen LogP contribution in [0.15, 0.2) is 0 Å². The standard InChI is InChI=1S/C12H18N6/c1-8-11(17-14)15-9(2)16-12(8)18(7-3-6-13)10-4-5-10/h10H,3-5,7,14H2,1-2H3,(H,15,16,17). The van der Waals surface area contributed by atoms with Gasteiger partial charge in [-0.2, -0.15) is 5.26 Å². The predicted octanol–water partition coefficient (Wildman–Crippen LogP) is 1.26. The summed E-state index contributed by atoms with van der Waals surface area (Å²) in [6.07, 6.45) is 2.84. The number of nitrogen functional groups attached to an aromatic ring is 1. The topological polar surface area (TPSA) is 90.9 Å². The van der Waals surface area contributed by atoms with Gasteiger partial charge in [0, 0.05) is 18.2 Å². The van der Waals surface area contributed by atoms with Crippen molar-refractivity contribution < 1.29 is 0 Å². The third-order valence-electron chi connectivity index (χ3n) is 3.09. The average Bonchev–Trinajstić information content (AvgIpc) is 3.17. The maximum atomic E-state index is 8.75. The lowest BCUT2D eigenvalue weighted by atomic mass is 10.2. The van der Waals surface area contributed by atoms with Gasteiger partial charge < -0.3 is 10.3 Å². The summed E-state index contributed by atoms with van der Waals surface area (Å²) in [4.78, 5) is 11.0. The molecule has 0 amide bonds. The highest BCUT2D eigenvalue weighted by Crippen LogP contribution is 2.33. The van der Waals surface area contributed by atoms with Gasteiger partial charge in [-0.05, 0) is 26.7 Å². The lowest BCUT2D eigenvalue weighted by Crippen LogP contribution is -2.29. The van der Waals surface area contributed by atoms with Crippen LogP contribution in [0.2, 0.25) is 0 Å². The minimum absolute atomic E-state index is 0.504. The highest BCUT2D eigenvalue weighted by atomic mass is 15.3. The molecule has 0 atom stereocenters. The first-order valence-electron chi connectivity index (χ1n) is 6.12. The SMILES string of the molecule is Cc1nc(NN)c(C)c(N(CCC#N)C2CC2)n1. The third-order valence-corrected chi connectivity index (χ3v) is 3.09. The van der Waals surface area contributed by atoms with Gasteiger partial charge in [-0.15, -0.1) is 0 Å². The number of nitrogens with zero attached hydrogens (tertiary/aromatic N) is 4. The largest absolute Gasteiger partial charge is 0.352 e. The zero-order chi connectivity index (χ0) is 13.1. The van der Waals surface area contributed by atoms with Crippen LogP contribution in [0.5, 0.6) is 0 Å². The molecule has 2 rings (SSSR count). The maximum absolute atomic E-state index is 8.75. The Hall–Kier alpha value is -1.87. The number of hydrogen-bond donors (Lipinski definition) is 2. The van der Waals surface area contributed by atoms with Crippen molar-refractivity contribution in [2.45, 2.75) is 39.2 Å². The Kier molecular flexibility index (Phi) is 3.63. The molecule has 0 bridgehead atoms. The molecule has 6 heteroatoms. The van der Waals surface area contributed by atoms with Crippen LogP contribution in [0.25, 0.3) is 0 Å². The Bertz CT molecular complexity index is 474. The van der Waals surface area contributed by atoms with Crippen LogP contribution >= 0.6 is 0 Å². The smallest absolute Gasteiger partial charge is 0.148 e. The molecule has 1 fully saturated rings. The summed E-state index contributed by atoms with van der Waals surface area (Å²) < 4.78 is 0. The molecule has 0 spiro atoms. The molecule has 1 heterocycles. The highest BCUT2D eigenvalue weighted by Gasteiger charge is 2.31. The summed E-state index contributed by atoms with van der Waals surface area (Å²) in [6, 6.07) is 2.70. The van der Waals surface area contributed by atoms with Crippen LogP contribution in [-0.2, 0) is 0 Å². The molecule has 0 radical (unpaired) electrons. The van der Waals surface area contributed by atoms with E-state index >= 15 is 0 Å². The van der Waals surface area contributed by atoms with Crippen LogP contribution in [-0.4, -0.2) is 22.6 Å². The molecular formula is C12H18N6. The number of nitrogens with two attached hydrogens (primary N) is 1. The molecule has 3 N–H and O–H groups in total. The Morgan fingerprint density at radius 3 is 2.72 bits per heavy atom. The molecular weight excluding hydrogens is 228 g/mol. The van der Waals surface area contributed by atoms with Crippen molar-refractivity contribution in [1.29, 1.82) is 5.26 Å². The van der Waals surface area contributed by atoms with Crippen molar-refractivity contribution >= 4 is 11.6 Å². The van der Waals surface area contributed by atoms with E-state index in [0.29, 0.717) is 30.6 Å². The number of aryl methyl sites for hydroxylation is 1. The molecule has 96 valence electrons. The second kappa shape index (κ2) is 5.19. The van der Waals surface area contributed by atoms with Crippen molar-refractivity contribution in [3.05, 3.63) is 11.4 Å². The molecule has 0 aliphatic heterocycles. The molecule has 1 aromatic rings. The first kappa shape index (κ1) is 12.6. The summed E-state index contributed by atoms with van der Waals surface area (Å²) in [6.45, 7) is 4.51. The summed E-state index contributed by atoms with van der Waals surface area (Å²) in [7, 11) is 0. The molecule has 6 nitrogen and oxygen atoms in total. The van der Waals surface area contributed by atoms with Crippen molar-refractivity contribution in [1.82, 2.24) is 9.97 Å². The van der Waals surface area contributed by atoms with Gasteiger partial charge in [0.2, 0.25) is 0 Å². The first-order chi connectivity index (χ1) is 8.67. The van der Waals surface area contributed by atoms with Crippen molar-refractivity contribution in [3.63, 3.8) is 0 Å². The van der Waals surface area contributed by atoms with E-state index in [1.807, 2.05) is 13.8 Å². The molecule has 0 saturated heterocycles. The fraction of sp³-hybridized carbons (Fsp3) is 0.583. The predicted molar refractivity (Wildman–Crippen MR) is 69.9 cm³/mol. The summed E-state index contributed by atoms with van der Waals surface area (Å²) >= 11 is 0. The molecule has 18 heavy (non-hydrogen) atoms.